The summed E-state index contributed by atoms with van der Waals surface area (Å²) in [4.78, 5) is 4.76. The van der Waals surface area contributed by atoms with Crippen molar-refractivity contribution in [3.05, 3.63) is 46.2 Å². The number of nitrogen functional groups attached to an aromatic ring is 1. The number of aromatic nitrogens is 2. The maximum absolute atomic E-state index is 6.28. The first kappa shape index (κ1) is 13.7. The van der Waals surface area contributed by atoms with Crippen molar-refractivity contribution < 1.29 is 0 Å². The molecule has 0 spiro atoms. The molecule has 5 heteroatoms. The smallest absolute Gasteiger partial charge is 0.132 e. The molecule has 1 heterocycles. The zero-order valence-corrected chi connectivity index (χ0v) is 13.3. The highest BCUT2D eigenvalue weighted by Gasteiger charge is 2.30. The monoisotopic (exact) mass is 351 g/mol. The zero-order valence-electron chi connectivity index (χ0n) is 10.9. The lowest BCUT2D eigenvalue weighted by atomic mass is 10.1. The van der Waals surface area contributed by atoms with Crippen LogP contribution in [-0.4, -0.2) is 9.55 Å². The molecule has 2 aromatic rings. The number of allylic oxidation sites excluding steroid dienone is 1. The Morgan fingerprint density at radius 3 is 2.85 bits per heavy atom. The van der Waals surface area contributed by atoms with E-state index < -0.39 is 0 Å². The molecule has 0 radical (unpaired) electrons. The number of nitrogens with zero attached hydrogens (tertiary/aromatic N) is 2. The third-order valence-electron chi connectivity index (χ3n) is 3.48. The number of imidazole rings is 1. The topological polar surface area (TPSA) is 43.8 Å². The number of anilines is 1. The summed E-state index contributed by atoms with van der Waals surface area (Å²) < 4.78 is 2.91. The van der Waals surface area contributed by atoms with Crippen molar-refractivity contribution in [3.8, 4) is 11.3 Å². The van der Waals surface area contributed by atoms with E-state index in [0.717, 1.165) is 21.6 Å². The van der Waals surface area contributed by atoms with Gasteiger partial charge in [-0.05, 0) is 40.9 Å². The molecule has 0 saturated heterocycles. The second-order valence-electron chi connectivity index (χ2n) is 5.01. The molecule has 0 aliphatic heterocycles. The van der Waals surface area contributed by atoms with Crippen LogP contribution in [0.2, 0.25) is 5.02 Å². The van der Waals surface area contributed by atoms with Crippen molar-refractivity contribution in [2.45, 2.75) is 25.3 Å². The van der Waals surface area contributed by atoms with Crippen molar-refractivity contribution in [1.82, 2.24) is 9.55 Å². The van der Waals surface area contributed by atoms with Gasteiger partial charge >= 0.3 is 0 Å². The van der Waals surface area contributed by atoms with Gasteiger partial charge < -0.3 is 10.3 Å². The van der Waals surface area contributed by atoms with E-state index in [0.29, 0.717) is 23.3 Å². The Hall–Kier alpha value is -1.26. The maximum atomic E-state index is 6.28. The molecule has 0 bridgehead atoms. The largest absolute Gasteiger partial charge is 0.383 e. The van der Waals surface area contributed by atoms with E-state index in [1.807, 2.05) is 24.3 Å². The summed E-state index contributed by atoms with van der Waals surface area (Å²) in [5.41, 5.74) is 8.08. The molecule has 1 aromatic heterocycles. The van der Waals surface area contributed by atoms with Crippen LogP contribution in [0.25, 0.3) is 11.3 Å². The van der Waals surface area contributed by atoms with Gasteiger partial charge in [-0.2, -0.15) is 0 Å². The average Bonchev–Trinajstić information content (AvgIpc) is 3.21. The molecule has 3 nitrogen and oxygen atoms in total. The van der Waals surface area contributed by atoms with E-state index in [4.69, 9.17) is 22.3 Å². The molecule has 20 heavy (non-hydrogen) atoms. The Balaban J connectivity index is 2.10. The minimum atomic E-state index is 0.543. The molecular weight excluding hydrogens is 338 g/mol. The summed E-state index contributed by atoms with van der Waals surface area (Å²) >= 11 is 9.48. The first-order valence-corrected chi connectivity index (χ1v) is 7.71. The number of halogens is 2. The second-order valence-corrected chi connectivity index (χ2v) is 6.27. The summed E-state index contributed by atoms with van der Waals surface area (Å²) in [5.74, 6) is 2.31. The van der Waals surface area contributed by atoms with Crippen LogP contribution in [0.15, 0.2) is 35.3 Å². The first-order valence-electron chi connectivity index (χ1n) is 6.54. The molecule has 0 amide bonds. The van der Waals surface area contributed by atoms with Crippen LogP contribution in [0.5, 0.6) is 0 Å². The third-order valence-corrected chi connectivity index (χ3v) is 4.70. The molecule has 2 N–H and O–H groups in total. The van der Waals surface area contributed by atoms with E-state index >= 15 is 0 Å². The van der Waals surface area contributed by atoms with E-state index in [2.05, 4.69) is 27.1 Å². The lowest BCUT2D eigenvalue weighted by Gasteiger charge is -2.06. The van der Waals surface area contributed by atoms with Crippen LogP contribution in [-0.2, 0) is 6.54 Å². The van der Waals surface area contributed by atoms with Gasteiger partial charge in [0.25, 0.3) is 0 Å². The van der Waals surface area contributed by atoms with Gasteiger partial charge in [-0.15, -0.1) is 6.58 Å². The van der Waals surface area contributed by atoms with Crippen molar-refractivity contribution in [2.24, 2.45) is 0 Å². The summed E-state index contributed by atoms with van der Waals surface area (Å²) in [7, 11) is 0. The van der Waals surface area contributed by atoms with E-state index in [-0.39, 0.29) is 0 Å². The maximum Gasteiger partial charge on any atom is 0.132 e. The lowest BCUT2D eigenvalue weighted by molar-refractivity contribution is 0.750. The fourth-order valence-corrected chi connectivity index (χ4v) is 2.81. The van der Waals surface area contributed by atoms with E-state index in [1.54, 1.807) is 0 Å². The molecule has 0 unspecified atom stereocenters. The van der Waals surface area contributed by atoms with Gasteiger partial charge in [-0.3, -0.25) is 0 Å². The Bertz CT molecular complexity index is 674. The minimum Gasteiger partial charge on any atom is -0.383 e. The number of nitrogens with two attached hydrogens (primary N) is 1. The quantitative estimate of drug-likeness (QED) is 0.816. The van der Waals surface area contributed by atoms with Crippen molar-refractivity contribution >= 4 is 33.3 Å². The van der Waals surface area contributed by atoms with Crippen molar-refractivity contribution in [1.29, 1.82) is 0 Å². The van der Waals surface area contributed by atoms with Crippen LogP contribution >= 0.6 is 27.5 Å². The van der Waals surface area contributed by atoms with Crippen molar-refractivity contribution in [3.63, 3.8) is 0 Å². The molecule has 0 atom stereocenters. The molecule has 1 aliphatic rings. The molecule has 1 aliphatic carbocycles. The van der Waals surface area contributed by atoms with Crippen LogP contribution < -0.4 is 5.73 Å². The van der Waals surface area contributed by atoms with Crippen molar-refractivity contribution in [2.75, 3.05) is 5.73 Å². The molecular formula is C15H15BrClN3. The van der Waals surface area contributed by atoms with Crippen LogP contribution in [0.1, 0.15) is 24.6 Å². The fraction of sp³-hybridized carbons (Fsp3) is 0.267. The number of hydrogen-bond acceptors (Lipinski definition) is 2. The third kappa shape index (κ3) is 2.38. The molecule has 3 rings (SSSR count). The highest BCUT2D eigenvalue weighted by Crippen LogP contribution is 2.42. The fourth-order valence-electron chi connectivity index (χ4n) is 2.31. The molecule has 1 aromatic carbocycles. The van der Waals surface area contributed by atoms with Crippen LogP contribution in [0.4, 0.5) is 5.82 Å². The Labute approximate surface area is 131 Å². The highest BCUT2D eigenvalue weighted by atomic mass is 79.9. The van der Waals surface area contributed by atoms with Gasteiger partial charge in [0.2, 0.25) is 0 Å². The van der Waals surface area contributed by atoms with Gasteiger partial charge in [0.15, 0.2) is 0 Å². The number of benzene rings is 1. The molecule has 1 saturated carbocycles. The number of hydrogen-bond donors (Lipinski definition) is 1. The Morgan fingerprint density at radius 2 is 2.25 bits per heavy atom. The van der Waals surface area contributed by atoms with E-state index in [1.165, 1.54) is 12.8 Å². The summed E-state index contributed by atoms with van der Waals surface area (Å²) in [6.07, 6.45) is 4.24. The molecule has 104 valence electrons. The Morgan fingerprint density at radius 1 is 1.50 bits per heavy atom. The van der Waals surface area contributed by atoms with E-state index in [9.17, 15) is 0 Å². The predicted octanol–water partition coefficient (Wildman–Crippen LogP) is 4.61. The van der Waals surface area contributed by atoms with Gasteiger partial charge in [0.05, 0.1) is 5.02 Å². The minimum absolute atomic E-state index is 0.543. The molecule has 1 fully saturated rings. The van der Waals surface area contributed by atoms with Crippen LogP contribution in [0.3, 0.4) is 0 Å². The predicted molar refractivity (Wildman–Crippen MR) is 87.0 cm³/mol. The van der Waals surface area contributed by atoms with Crippen LogP contribution in [0, 0.1) is 0 Å². The van der Waals surface area contributed by atoms with Gasteiger partial charge in [-0.25, -0.2) is 4.98 Å². The summed E-state index contributed by atoms with van der Waals surface area (Å²) in [6, 6.07) is 5.75. The second kappa shape index (κ2) is 5.26. The SMILES string of the molecule is C=CCn1c(C2CC2)nc(-c2ccc(Cl)c(Br)c2)c1N. The summed E-state index contributed by atoms with van der Waals surface area (Å²) in [5, 5.41) is 0.681. The average molecular weight is 353 g/mol. The number of rotatable bonds is 4. The van der Waals surface area contributed by atoms with Gasteiger partial charge in [0, 0.05) is 22.5 Å². The summed E-state index contributed by atoms with van der Waals surface area (Å²) in [6.45, 7) is 4.49. The van der Waals surface area contributed by atoms with Gasteiger partial charge in [-0.1, -0.05) is 23.7 Å². The lowest BCUT2D eigenvalue weighted by Crippen LogP contribution is -2.05. The first-order chi connectivity index (χ1) is 9.61. The van der Waals surface area contributed by atoms with Gasteiger partial charge in [0.1, 0.15) is 17.3 Å². The standard InChI is InChI=1S/C15H15BrClN3/c1-2-7-20-14(18)13(19-15(20)9-3-4-9)10-5-6-12(17)11(16)8-10/h2,5-6,8-9H,1,3-4,7,18H2. The normalized spacial score (nSPS) is 14.5. The Kier molecular flexibility index (Phi) is 3.61. The highest BCUT2D eigenvalue weighted by molar-refractivity contribution is 9.10. The zero-order chi connectivity index (χ0) is 14.3.